The van der Waals surface area contributed by atoms with Gasteiger partial charge in [0, 0.05) is 25.1 Å². The molecular formula is C16H19FN4O2S. The maximum absolute atomic E-state index is 13.1. The normalized spacial score (nSPS) is 10.4. The van der Waals surface area contributed by atoms with E-state index in [1.807, 2.05) is 6.92 Å². The van der Waals surface area contributed by atoms with Gasteiger partial charge in [-0.25, -0.2) is 4.39 Å². The average Bonchev–Trinajstić information content (AvgIpc) is 3.02. The number of nitrogens with one attached hydrogen (secondary N) is 2. The highest BCUT2D eigenvalue weighted by molar-refractivity contribution is 7.13. The van der Waals surface area contributed by atoms with Crippen molar-refractivity contribution in [3.63, 3.8) is 0 Å². The lowest BCUT2D eigenvalue weighted by Crippen LogP contribution is -2.23. The third-order valence-corrected chi connectivity index (χ3v) is 4.09. The van der Waals surface area contributed by atoms with Gasteiger partial charge in [0.25, 0.3) is 5.91 Å². The molecule has 0 atom stereocenters. The summed E-state index contributed by atoms with van der Waals surface area (Å²) in [6, 6.07) is 5.64. The van der Waals surface area contributed by atoms with Crippen LogP contribution in [0.1, 0.15) is 41.0 Å². The topological polar surface area (TPSA) is 84.0 Å². The van der Waals surface area contributed by atoms with Crippen LogP contribution in [0.5, 0.6) is 0 Å². The Kier molecular flexibility index (Phi) is 6.80. The lowest BCUT2D eigenvalue weighted by Gasteiger charge is -2.02. The second-order valence-electron chi connectivity index (χ2n) is 5.17. The van der Waals surface area contributed by atoms with Gasteiger partial charge in [-0.15, -0.1) is 10.2 Å². The summed E-state index contributed by atoms with van der Waals surface area (Å²) in [5, 5.41) is 14.1. The fourth-order valence-electron chi connectivity index (χ4n) is 1.95. The number of carbonyl (C=O) groups is 2. The molecule has 2 rings (SSSR count). The minimum absolute atomic E-state index is 0.0189. The molecule has 0 aliphatic rings. The molecule has 8 heteroatoms. The molecular weight excluding hydrogens is 331 g/mol. The standard InChI is InChI=1S/C16H19FN4O2S/c1-2-9-18-13(22)7-4-8-14-20-21-16(24-14)15(23)19-12-6-3-5-11(17)10-12/h3,5-6,10H,2,4,7-9H2,1H3,(H,18,22)(H,19,23). The van der Waals surface area contributed by atoms with Gasteiger partial charge in [0.1, 0.15) is 10.8 Å². The van der Waals surface area contributed by atoms with E-state index in [1.54, 1.807) is 6.07 Å². The summed E-state index contributed by atoms with van der Waals surface area (Å²) < 4.78 is 13.1. The molecule has 0 saturated heterocycles. The molecule has 6 nitrogen and oxygen atoms in total. The minimum Gasteiger partial charge on any atom is -0.356 e. The third-order valence-electron chi connectivity index (χ3n) is 3.11. The number of aromatic nitrogens is 2. The van der Waals surface area contributed by atoms with Crippen LogP contribution in [0.4, 0.5) is 10.1 Å². The van der Waals surface area contributed by atoms with Crippen molar-refractivity contribution in [2.45, 2.75) is 32.6 Å². The van der Waals surface area contributed by atoms with Gasteiger partial charge in [-0.2, -0.15) is 0 Å². The predicted octanol–water partition coefficient (Wildman–Crippen LogP) is 2.78. The van der Waals surface area contributed by atoms with Crippen LogP contribution in [0.25, 0.3) is 0 Å². The molecule has 1 aromatic carbocycles. The van der Waals surface area contributed by atoms with Crippen LogP contribution in [0.2, 0.25) is 0 Å². The highest BCUT2D eigenvalue weighted by Crippen LogP contribution is 2.15. The van der Waals surface area contributed by atoms with E-state index in [0.717, 1.165) is 6.42 Å². The number of rotatable bonds is 8. The van der Waals surface area contributed by atoms with Crippen LogP contribution in [-0.4, -0.2) is 28.6 Å². The van der Waals surface area contributed by atoms with Crippen molar-refractivity contribution in [2.75, 3.05) is 11.9 Å². The van der Waals surface area contributed by atoms with Crippen LogP contribution in [0.15, 0.2) is 24.3 Å². The summed E-state index contributed by atoms with van der Waals surface area (Å²) in [7, 11) is 0. The highest BCUT2D eigenvalue weighted by atomic mass is 32.1. The smallest absolute Gasteiger partial charge is 0.286 e. The summed E-state index contributed by atoms with van der Waals surface area (Å²) in [4.78, 5) is 23.5. The highest BCUT2D eigenvalue weighted by Gasteiger charge is 2.13. The summed E-state index contributed by atoms with van der Waals surface area (Å²) in [5.74, 6) is -0.831. The first kappa shape index (κ1) is 18.0. The molecule has 0 aliphatic carbocycles. The van der Waals surface area contributed by atoms with Gasteiger partial charge >= 0.3 is 0 Å². The molecule has 128 valence electrons. The Balaban J connectivity index is 1.81. The Morgan fingerprint density at radius 2 is 2.12 bits per heavy atom. The molecule has 0 fully saturated rings. The number of benzene rings is 1. The molecule has 24 heavy (non-hydrogen) atoms. The lowest BCUT2D eigenvalue weighted by molar-refractivity contribution is -0.121. The molecule has 0 radical (unpaired) electrons. The Morgan fingerprint density at radius 1 is 1.29 bits per heavy atom. The quantitative estimate of drug-likeness (QED) is 0.767. The number of anilines is 1. The first-order chi connectivity index (χ1) is 11.6. The average molecular weight is 350 g/mol. The Morgan fingerprint density at radius 3 is 2.88 bits per heavy atom. The van der Waals surface area contributed by atoms with E-state index >= 15 is 0 Å². The molecule has 2 N–H and O–H groups in total. The van der Waals surface area contributed by atoms with Gasteiger partial charge in [0.05, 0.1) is 0 Å². The zero-order valence-corrected chi connectivity index (χ0v) is 14.2. The van der Waals surface area contributed by atoms with Gasteiger partial charge in [-0.1, -0.05) is 24.3 Å². The maximum Gasteiger partial charge on any atom is 0.286 e. The van der Waals surface area contributed by atoms with Crippen molar-refractivity contribution in [1.29, 1.82) is 0 Å². The van der Waals surface area contributed by atoms with Crippen molar-refractivity contribution in [3.8, 4) is 0 Å². The molecule has 0 bridgehead atoms. The van der Waals surface area contributed by atoms with Gasteiger partial charge in [-0.05, 0) is 31.0 Å². The number of nitrogens with zero attached hydrogens (tertiary/aromatic N) is 2. The number of aryl methyl sites for hydroxylation is 1. The Labute approximate surface area is 143 Å². The van der Waals surface area contributed by atoms with E-state index in [0.29, 0.717) is 36.5 Å². The number of amides is 2. The summed E-state index contributed by atoms with van der Waals surface area (Å²) >= 11 is 1.17. The SMILES string of the molecule is CCCNC(=O)CCCc1nnc(C(=O)Nc2cccc(F)c2)s1. The van der Waals surface area contributed by atoms with E-state index < -0.39 is 11.7 Å². The fourth-order valence-corrected chi connectivity index (χ4v) is 2.73. The van der Waals surface area contributed by atoms with Crippen molar-refractivity contribution < 1.29 is 14.0 Å². The van der Waals surface area contributed by atoms with E-state index in [4.69, 9.17) is 0 Å². The molecule has 0 spiro atoms. The molecule has 2 aromatic rings. The van der Waals surface area contributed by atoms with Crippen LogP contribution in [0, 0.1) is 5.82 Å². The van der Waals surface area contributed by atoms with Crippen molar-refractivity contribution in [1.82, 2.24) is 15.5 Å². The van der Waals surface area contributed by atoms with E-state index in [-0.39, 0.29) is 10.9 Å². The monoisotopic (exact) mass is 350 g/mol. The first-order valence-corrected chi connectivity index (χ1v) is 8.56. The zero-order valence-electron chi connectivity index (χ0n) is 13.3. The van der Waals surface area contributed by atoms with Gasteiger partial charge in [0.15, 0.2) is 0 Å². The van der Waals surface area contributed by atoms with Crippen LogP contribution < -0.4 is 10.6 Å². The van der Waals surface area contributed by atoms with Crippen molar-refractivity contribution >= 4 is 28.8 Å². The lowest BCUT2D eigenvalue weighted by atomic mass is 10.2. The number of hydrogen-bond donors (Lipinski definition) is 2. The fraction of sp³-hybridized carbons (Fsp3) is 0.375. The van der Waals surface area contributed by atoms with Crippen LogP contribution in [-0.2, 0) is 11.2 Å². The molecule has 0 unspecified atom stereocenters. The summed E-state index contributed by atoms with van der Waals surface area (Å²) in [6.07, 6.45) is 2.57. The second-order valence-corrected chi connectivity index (χ2v) is 6.23. The number of halogens is 1. The molecule has 0 aliphatic heterocycles. The Hall–Kier alpha value is -2.35. The van der Waals surface area contributed by atoms with Crippen molar-refractivity contribution in [2.24, 2.45) is 0 Å². The third kappa shape index (κ3) is 5.69. The van der Waals surface area contributed by atoms with Crippen LogP contribution in [0.3, 0.4) is 0 Å². The molecule has 1 heterocycles. The predicted molar refractivity (Wildman–Crippen MR) is 90.5 cm³/mol. The summed E-state index contributed by atoms with van der Waals surface area (Å²) in [6.45, 7) is 2.68. The van der Waals surface area contributed by atoms with E-state index in [1.165, 1.54) is 29.5 Å². The Bertz CT molecular complexity index is 705. The van der Waals surface area contributed by atoms with E-state index in [9.17, 15) is 14.0 Å². The maximum atomic E-state index is 13.1. The second kappa shape index (κ2) is 9.07. The van der Waals surface area contributed by atoms with Crippen LogP contribution >= 0.6 is 11.3 Å². The minimum atomic E-state index is -0.426. The number of hydrogen-bond acceptors (Lipinski definition) is 5. The summed E-state index contributed by atoms with van der Waals surface area (Å²) in [5.41, 5.74) is 0.365. The first-order valence-electron chi connectivity index (χ1n) is 7.74. The van der Waals surface area contributed by atoms with Gasteiger partial charge in [0.2, 0.25) is 10.9 Å². The largest absolute Gasteiger partial charge is 0.356 e. The van der Waals surface area contributed by atoms with Crippen molar-refractivity contribution in [3.05, 3.63) is 40.1 Å². The molecule has 0 saturated carbocycles. The molecule has 2 amide bonds. The zero-order chi connectivity index (χ0) is 17.4. The van der Waals surface area contributed by atoms with Gasteiger partial charge < -0.3 is 10.6 Å². The van der Waals surface area contributed by atoms with E-state index in [2.05, 4.69) is 20.8 Å². The van der Waals surface area contributed by atoms with Gasteiger partial charge in [-0.3, -0.25) is 9.59 Å². The molecule has 1 aromatic heterocycles. The number of carbonyl (C=O) groups excluding carboxylic acids is 2.